The maximum atomic E-state index is 12.3. The van der Waals surface area contributed by atoms with Crippen molar-refractivity contribution in [1.29, 1.82) is 0 Å². The van der Waals surface area contributed by atoms with Gasteiger partial charge >= 0.3 is 0 Å². The summed E-state index contributed by atoms with van der Waals surface area (Å²) < 4.78 is 32.3. The fourth-order valence-corrected chi connectivity index (χ4v) is 3.19. The van der Waals surface area contributed by atoms with E-state index >= 15 is 0 Å². The minimum atomic E-state index is -3.80. The molecule has 0 heterocycles. The number of nitro benzene ring substituents is 1. The SMILES string of the molecule is COC(CNS(=O)(=O)c1ccc([N+](=O)[O-])cc1)c1ccc(Cl)cc1. The van der Waals surface area contributed by atoms with E-state index in [1.807, 2.05) is 0 Å². The molecular weight excluding hydrogens is 356 g/mol. The minimum Gasteiger partial charge on any atom is -0.375 e. The number of sulfonamides is 1. The molecule has 0 radical (unpaired) electrons. The van der Waals surface area contributed by atoms with E-state index < -0.39 is 21.1 Å². The highest BCUT2D eigenvalue weighted by Crippen LogP contribution is 2.20. The first-order chi connectivity index (χ1) is 11.3. The first kappa shape index (κ1) is 18.3. The van der Waals surface area contributed by atoms with Crippen LogP contribution in [-0.4, -0.2) is 27.0 Å². The first-order valence-electron chi connectivity index (χ1n) is 6.86. The highest BCUT2D eigenvalue weighted by Gasteiger charge is 2.19. The minimum absolute atomic E-state index is 0.0114. The summed E-state index contributed by atoms with van der Waals surface area (Å²) in [5.74, 6) is 0. The lowest BCUT2D eigenvalue weighted by molar-refractivity contribution is -0.384. The summed E-state index contributed by atoms with van der Waals surface area (Å²) in [5, 5.41) is 11.2. The molecule has 9 heteroatoms. The smallest absolute Gasteiger partial charge is 0.269 e. The molecule has 0 saturated heterocycles. The normalized spacial score (nSPS) is 12.8. The van der Waals surface area contributed by atoms with Gasteiger partial charge in [-0.05, 0) is 29.8 Å². The first-order valence-corrected chi connectivity index (χ1v) is 8.72. The summed E-state index contributed by atoms with van der Waals surface area (Å²) in [4.78, 5) is 9.96. The van der Waals surface area contributed by atoms with Crippen molar-refractivity contribution in [1.82, 2.24) is 4.72 Å². The molecule has 0 aromatic heterocycles. The number of methoxy groups -OCH3 is 1. The number of nitro groups is 1. The number of hydrogen-bond acceptors (Lipinski definition) is 5. The molecule has 0 fully saturated rings. The van der Waals surface area contributed by atoms with E-state index in [-0.39, 0.29) is 17.1 Å². The Balaban J connectivity index is 2.10. The quantitative estimate of drug-likeness (QED) is 0.596. The second kappa shape index (κ2) is 7.71. The number of nitrogens with one attached hydrogen (secondary N) is 1. The van der Waals surface area contributed by atoms with Crippen molar-refractivity contribution >= 4 is 27.3 Å². The molecule has 1 atom stereocenters. The van der Waals surface area contributed by atoms with E-state index in [4.69, 9.17) is 16.3 Å². The van der Waals surface area contributed by atoms with Crippen molar-refractivity contribution < 1.29 is 18.1 Å². The van der Waals surface area contributed by atoms with Crippen LogP contribution in [-0.2, 0) is 14.8 Å². The van der Waals surface area contributed by atoms with Crippen LogP contribution in [0.2, 0.25) is 5.02 Å². The molecule has 0 spiro atoms. The van der Waals surface area contributed by atoms with Crippen LogP contribution in [0.25, 0.3) is 0 Å². The third-order valence-electron chi connectivity index (χ3n) is 3.34. The summed E-state index contributed by atoms with van der Waals surface area (Å²) in [7, 11) is -2.33. The van der Waals surface area contributed by atoms with Gasteiger partial charge in [-0.15, -0.1) is 0 Å². The maximum absolute atomic E-state index is 12.3. The summed E-state index contributed by atoms with van der Waals surface area (Å²) >= 11 is 5.82. The fraction of sp³-hybridized carbons (Fsp3) is 0.200. The Hall–Kier alpha value is -2.00. The third kappa shape index (κ3) is 4.51. The lowest BCUT2D eigenvalue weighted by Gasteiger charge is -2.16. The second-order valence-corrected chi connectivity index (χ2v) is 7.08. The Labute approximate surface area is 144 Å². The van der Waals surface area contributed by atoms with Crippen molar-refractivity contribution in [3.8, 4) is 0 Å². The summed E-state index contributed by atoms with van der Waals surface area (Å²) in [6.45, 7) is 0.0114. The van der Waals surface area contributed by atoms with Gasteiger partial charge in [0.2, 0.25) is 10.0 Å². The van der Waals surface area contributed by atoms with Gasteiger partial charge in [0.25, 0.3) is 5.69 Å². The highest BCUT2D eigenvalue weighted by molar-refractivity contribution is 7.89. The Morgan fingerprint density at radius 3 is 2.25 bits per heavy atom. The molecule has 2 aromatic carbocycles. The molecule has 1 N–H and O–H groups in total. The van der Waals surface area contributed by atoms with Gasteiger partial charge < -0.3 is 4.74 Å². The van der Waals surface area contributed by atoms with Crippen LogP contribution in [0.15, 0.2) is 53.4 Å². The van der Waals surface area contributed by atoms with Gasteiger partial charge in [-0.25, -0.2) is 13.1 Å². The van der Waals surface area contributed by atoms with Crippen LogP contribution >= 0.6 is 11.6 Å². The van der Waals surface area contributed by atoms with Gasteiger partial charge in [0.1, 0.15) is 0 Å². The Bertz CT molecular complexity index is 807. The molecule has 7 nitrogen and oxygen atoms in total. The Morgan fingerprint density at radius 1 is 1.17 bits per heavy atom. The Kier molecular flexibility index (Phi) is 5.89. The van der Waals surface area contributed by atoms with Crippen LogP contribution < -0.4 is 4.72 Å². The predicted molar refractivity (Wildman–Crippen MR) is 89.5 cm³/mol. The lowest BCUT2D eigenvalue weighted by atomic mass is 10.1. The molecule has 24 heavy (non-hydrogen) atoms. The molecule has 128 valence electrons. The number of halogens is 1. The van der Waals surface area contributed by atoms with E-state index in [0.29, 0.717) is 5.02 Å². The van der Waals surface area contributed by atoms with Crippen LogP contribution in [0.3, 0.4) is 0 Å². The zero-order valence-corrected chi connectivity index (χ0v) is 14.3. The summed E-state index contributed by atoms with van der Waals surface area (Å²) in [6.07, 6.45) is -0.491. The van der Waals surface area contributed by atoms with Crippen LogP contribution in [0.1, 0.15) is 11.7 Å². The fourth-order valence-electron chi connectivity index (χ4n) is 2.03. The van der Waals surface area contributed by atoms with Crippen LogP contribution in [0.5, 0.6) is 0 Å². The van der Waals surface area contributed by atoms with Gasteiger partial charge in [0.05, 0.1) is 15.9 Å². The van der Waals surface area contributed by atoms with Crippen molar-refractivity contribution in [3.63, 3.8) is 0 Å². The molecular formula is C15H15ClN2O5S. The molecule has 0 aliphatic rings. The van der Waals surface area contributed by atoms with Crippen molar-refractivity contribution in [3.05, 3.63) is 69.2 Å². The van der Waals surface area contributed by atoms with E-state index in [0.717, 1.165) is 17.7 Å². The Morgan fingerprint density at radius 2 is 1.75 bits per heavy atom. The van der Waals surface area contributed by atoms with Gasteiger partial charge in [0, 0.05) is 30.8 Å². The van der Waals surface area contributed by atoms with Crippen molar-refractivity contribution in [2.45, 2.75) is 11.0 Å². The van der Waals surface area contributed by atoms with Gasteiger partial charge in [0.15, 0.2) is 0 Å². The van der Waals surface area contributed by atoms with E-state index in [9.17, 15) is 18.5 Å². The van der Waals surface area contributed by atoms with Gasteiger partial charge in [-0.1, -0.05) is 23.7 Å². The zero-order chi connectivity index (χ0) is 17.7. The molecule has 1 unspecified atom stereocenters. The number of ether oxygens (including phenoxy) is 1. The number of nitrogens with zero attached hydrogens (tertiary/aromatic N) is 1. The molecule has 0 bridgehead atoms. The van der Waals surface area contributed by atoms with Crippen molar-refractivity contribution in [2.75, 3.05) is 13.7 Å². The van der Waals surface area contributed by atoms with Gasteiger partial charge in [-0.2, -0.15) is 0 Å². The van der Waals surface area contributed by atoms with Crippen molar-refractivity contribution in [2.24, 2.45) is 0 Å². The predicted octanol–water partition coefficient (Wildman–Crippen LogP) is 2.91. The number of non-ortho nitro benzene ring substituents is 1. The lowest BCUT2D eigenvalue weighted by Crippen LogP contribution is -2.29. The largest absolute Gasteiger partial charge is 0.375 e. The second-order valence-electron chi connectivity index (χ2n) is 4.88. The molecule has 0 aliphatic carbocycles. The van der Waals surface area contributed by atoms with E-state index in [2.05, 4.69) is 4.72 Å². The molecule has 0 amide bonds. The molecule has 2 aromatic rings. The highest BCUT2D eigenvalue weighted by atomic mass is 35.5. The summed E-state index contributed by atoms with van der Waals surface area (Å²) in [5.41, 5.74) is 0.596. The van der Waals surface area contributed by atoms with E-state index in [1.165, 1.54) is 19.2 Å². The molecule has 0 aliphatic heterocycles. The average molecular weight is 371 g/mol. The number of benzene rings is 2. The zero-order valence-electron chi connectivity index (χ0n) is 12.7. The third-order valence-corrected chi connectivity index (χ3v) is 5.03. The monoisotopic (exact) mass is 370 g/mol. The number of hydrogen-bond donors (Lipinski definition) is 1. The maximum Gasteiger partial charge on any atom is 0.269 e. The van der Waals surface area contributed by atoms with Gasteiger partial charge in [-0.3, -0.25) is 10.1 Å². The standard InChI is InChI=1S/C15H15ClN2O5S/c1-23-15(11-2-4-12(16)5-3-11)10-17-24(21,22)14-8-6-13(7-9-14)18(19)20/h2-9,15,17H,10H2,1H3. The topological polar surface area (TPSA) is 98.5 Å². The number of rotatable bonds is 7. The van der Waals surface area contributed by atoms with Crippen LogP contribution in [0.4, 0.5) is 5.69 Å². The van der Waals surface area contributed by atoms with E-state index in [1.54, 1.807) is 24.3 Å². The molecule has 0 saturated carbocycles. The summed E-state index contributed by atoms with van der Waals surface area (Å²) in [6, 6.07) is 11.5. The molecule has 2 rings (SSSR count). The van der Waals surface area contributed by atoms with Crippen LogP contribution in [0, 0.1) is 10.1 Å². The average Bonchev–Trinajstić information content (AvgIpc) is 2.57.